The third kappa shape index (κ3) is 4.20. The third-order valence-corrected chi connectivity index (χ3v) is 7.23. The van der Waals surface area contributed by atoms with E-state index < -0.39 is 15.9 Å². The van der Waals surface area contributed by atoms with Crippen molar-refractivity contribution in [2.75, 3.05) is 19.7 Å². The number of benzene rings is 1. The molecule has 1 saturated heterocycles. The van der Waals surface area contributed by atoms with Gasteiger partial charge in [-0.15, -0.1) is 11.3 Å². The van der Waals surface area contributed by atoms with Gasteiger partial charge in [-0.2, -0.15) is 4.31 Å². The van der Waals surface area contributed by atoms with E-state index in [2.05, 4.69) is 0 Å². The predicted molar refractivity (Wildman–Crippen MR) is 102 cm³/mol. The number of Topliss-reactive ketones (excluding diaryl/α,β-unsaturated/α-hetero) is 1. The smallest absolute Gasteiger partial charge is 0.252 e. The van der Waals surface area contributed by atoms with Gasteiger partial charge in [0.1, 0.15) is 5.75 Å². The van der Waals surface area contributed by atoms with Crippen LogP contribution in [0.1, 0.15) is 37.7 Å². The van der Waals surface area contributed by atoms with Gasteiger partial charge in [0, 0.05) is 18.0 Å². The lowest BCUT2D eigenvalue weighted by Gasteiger charge is -2.17. The number of primary amides is 1. The molecular weight excluding hydrogens is 388 g/mol. The number of carbonyl (C=O) groups is 2. The van der Waals surface area contributed by atoms with Gasteiger partial charge in [-0.05, 0) is 50.1 Å². The monoisotopic (exact) mass is 408 g/mol. The molecule has 0 bridgehead atoms. The molecule has 27 heavy (non-hydrogen) atoms. The van der Waals surface area contributed by atoms with Crippen molar-refractivity contribution in [3.63, 3.8) is 0 Å². The number of hydrogen-bond donors (Lipinski definition) is 1. The van der Waals surface area contributed by atoms with Gasteiger partial charge >= 0.3 is 0 Å². The molecule has 0 unspecified atom stereocenters. The summed E-state index contributed by atoms with van der Waals surface area (Å²) in [6.45, 7) is 2.55. The van der Waals surface area contributed by atoms with E-state index in [-0.39, 0.29) is 28.6 Å². The van der Waals surface area contributed by atoms with Crippen molar-refractivity contribution in [1.82, 2.24) is 4.31 Å². The number of ketones is 1. The normalized spacial score (nSPS) is 15.0. The molecule has 144 valence electrons. The third-order valence-electron chi connectivity index (χ3n) is 4.29. The van der Waals surface area contributed by atoms with Crippen LogP contribution in [0.15, 0.2) is 35.2 Å². The van der Waals surface area contributed by atoms with Gasteiger partial charge < -0.3 is 10.5 Å². The maximum absolute atomic E-state index is 12.7. The molecule has 0 aliphatic carbocycles. The second kappa shape index (κ2) is 7.79. The first kappa shape index (κ1) is 19.5. The number of thiophene rings is 1. The average molecular weight is 409 g/mol. The Morgan fingerprint density at radius 3 is 2.48 bits per heavy atom. The Morgan fingerprint density at radius 1 is 1.19 bits per heavy atom. The second-order valence-electron chi connectivity index (χ2n) is 6.26. The van der Waals surface area contributed by atoms with E-state index in [4.69, 9.17) is 10.5 Å². The molecule has 1 aromatic carbocycles. The van der Waals surface area contributed by atoms with E-state index in [1.807, 2.05) is 13.0 Å². The Bertz CT molecular complexity index is 975. The fraction of sp³-hybridized carbons (Fsp3) is 0.333. The zero-order chi connectivity index (χ0) is 19.6. The molecule has 1 aromatic heterocycles. The lowest BCUT2D eigenvalue weighted by molar-refractivity contribution is 0.0915. The Morgan fingerprint density at radius 2 is 1.89 bits per heavy atom. The van der Waals surface area contributed by atoms with Crippen LogP contribution in [0.25, 0.3) is 0 Å². The minimum absolute atomic E-state index is 0.00856. The lowest BCUT2D eigenvalue weighted by Crippen LogP contribution is -2.28. The van der Waals surface area contributed by atoms with Crippen molar-refractivity contribution in [2.45, 2.75) is 24.7 Å². The molecule has 2 heterocycles. The average Bonchev–Trinajstić information content (AvgIpc) is 3.31. The molecule has 2 aromatic rings. The fourth-order valence-corrected chi connectivity index (χ4v) is 5.20. The van der Waals surface area contributed by atoms with Crippen LogP contribution < -0.4 is 10.5 Å². The molecule has 2 N–H and O–H groups in total. The SMILES string of the molecule is Cc1ccc(C(=O)COc2ccc(S(=O)(=O)N3CCCC3)cc2C(N)=O)s1. The highest BCUT2D eigenvalue weighted by Gasteiger charge is 2.28. The van der Waals surface area contributed by atoms with Crippen molar-refractivity contribution in [3.05, 3.63) is 45.6 Å². The van der Waals surface area contributed by atoms with Crippen LogP contribution in [0.2, 0.25) is 0 Å². The summed E-state index contributed by atoms with van der Waals surface area (Å²) in [4.78, 5) is 25.5. The van der Waals surface area contributed by atoms with Gasteiger partial charge in [-0.25, -0.2) is 8.42 Å². The summed E-state index contributed by atoms with van der Waals surface area (Å²) in [6, 6.07) is 7.51. The number of nitrogens with zero attached hydrogens (tertiary/aromatic N) is 1. The van der Waals surface area contributed by atoms with Crippen molar-refractivity contribution >= 4 is 33.1 Å². The summed E-state index contributed by atoms with van der Waals surface area (Å²) in [7, 11) is -3.68. The molecule has 3 rings (SSSR count). The Balaban J connectivity index is 1.82. The molecule has 1 aliphatic heterocycles. The van der Waals surface area contributed by atoms with E-state index >= 15 is 0 Å². The van der Waals surface area contributed by atoms with Crippen LogP contribution in [-0.2, 0) is 10.0 Å². The van der Waals surface area contributed by atoms with Gasteiger partial charge in [-0.3, -0.25) is 9.59 Å². The summed E-state index contributed by atoms with van der Waals surface area (Å²) >= 11 is 1.36. The molecule has 0 saturated carbocycles. The zero-order valence-electron chi connectivity index (χ0n) is 14.8. The number of sulfonamides is 1. The van der Waals surface area contributed by atoms with Gasteiger partial charge in [0.2, 0.25) is 15.8 Å². The molecule has 1 fully saturated rings. The maximum atomic E-state index is 12.7. The van der Waals surface area contributed by atoms with Crippen LogP contribution in [0.4, 0.5) is 0 Å². The van der Waals surface area contributed by atoms with Crippen LogP contribution in [-0.4, -0.2) is 44.1 Å². The van der Waals surface area contributed by atoms with Crippen LogP contribution >= 0.6 is 11.3 Å². The molecule has 9 heteroatoms. The first-order chi connectivity index (χ1) is 12.8. The second-order valence-corrected chi connectivity index (χ2v) is 9.48. The summed E-state index contributed by atoms with van der Waals surface area (Å²) in [5.74, 6) is -0.954. The van der Waals surface area contributed by atoms with Crippen molar-refractivity contribution in [2.24, 2.45) is 5.73 Å². The summed E-state index contributed by atoms with van der Waals surface area (Å²) in [5.41, 5.74) is 5.33. The number of nitrogens with two attached hydrogens (primary N) is 1. The number of rotatable bonds is 7. The number of aryl methyl sites for hydroxylation is 1. The van der Waals surface area contributed by atoms with Crippen molar-refractivity contribution in [1.29, 1.82) is 0 Å². The topological polar surface area (TPSA) is 107 Å². The van der Waals surface area contributed by atoms with Gasteiger partial charge in [-0.1, -0.05) is 0 Å². The van der Waals surface area contributed by atoms with E-state index in [0.717, 1.165) is 17.7 Å². The minimum Gasteiger partial charge on any atom is -0.485 e. The predicted octanol–water partition coefficient (Wildman–Crippen LogP) is 2.20. The van der Waals surface area contributed by atoms with Crippen LogP contribution in [0.5, 0.6) is 5.75 Å². The highest BCUT2D eigenvalue weighted by molar-refractivity contribution is 7.89. The summed E-state index contributed by atoms with van der Waals surface area (Å²) in [6.07, 6.45) is 1.63. The van der Waals surface area contributed by atoms with Crippen LogP contribution in [0.3, 0.4) is 0 Å². The molecule has 0 spiro atoms. The van der Waals surface area contributed by atoms with Gasteiger partial charge in [0.15, 0.2) is 6.61 Å². The number of carbonyl (C=O) groups excluding carboxylic acids is 2. The fourth-order valence-electron chi connectivity index (χ4n) is 2.86. The Hall–Kier alpha value is -2.23. The van der Waals surface area contributed by atoms with Crippen molar-refractivity contribution < 1.29 is 22.7 Å². The standard InChI is InChI=1S/C18H20N2O5S2/c1-12-4-7-17(26-12)15(21)11-25-16-6-5-13(10-14(16)18(19)22)27(23,24)20-8-2-3-9-20/h4-7,10H,2-3,8-9,11H2,1H3,(H2,19,22). The first-order valence-corrected chi connectivity index (χ1v) is 10.7. The van der Waals surface area contributed by atoms with Gasteiger partial charge in [0.25, 0.3) is 5.91 Å². The molecular formula is C18H20N2O5S2. The Kier molecular flexibility index (Phi) is 5.64. The summed E-state index contributed by atoms with van der Waals surface area (Å²) in [5, 5.41) is 0. The molecule has 7 nitrogen and oxygen atoms in total. The number of hydrogen-bond acceptors (Lipinski definition) is 6. The largest absolute Gasteiger partial charge is 0.485 e. The minimum atomic E-state index is -3.68. The quantitative estimate of drug-likeness (QED) is 0.707. The van der Waals surface area contributed by atoms with E-state index in [1.54, 1.807) is 6.07 Å². The number of amides is 1. The van der Waals surface area contributed by atoms with Crippen LogP contribution in [0, 0.1) is 6.92 Å². The molecule has 0 atom stereocenters. The molecule has 0 radical (unpaired) electrons. The van der Waals surface area contributed by atoms with E-state index in [0.29, 0.717) is 18.0 Å². The summed E-state index contributed by atoms with van der Waals surface area (Å²) < 4.78 is 32.2. The van der Waals surface area contributed by atoms with E-state index in [9.17, 15) is 18.0 Å². The highest BCUT2D eigenvalue weighted by Crippen LogP contribution is 2.27. The maximum Gasteiger partial charge on any atom is 0.252 e. The van der Waals surface area contributed by atoms with Crippen molar-refractivity contribution in [3.8, 4) is 5.75 Å². The molecule has 1 aliphatic rings. The zero-order valence-corrected chi connectivity index (χ0v) is 16.4. The highest BCUT2D eigenvalue weighted by atomic mass is 32.2. The van der Waals surface area contributed by atoms with Gasteiger partial charge in [0.05, 0.1) is 15.3 Å². The molecule has 1 amide bonds. The number of ether oxygens (including phenoxy) is 1. The van der Waals surface area contributed by atoms with E-state index in [1.165, 1.54) is 33.8 Å². The Labute approximate surface area is 161 Å². The lowest BCUT2D eigenvalue weighted by atomic mass is 10.2. The first-order valence-electron chi connectivity index (χ1n) is 8.45.